The lowest BCUT2D eigenvalue weighted by atomic mass is 9.84. The van der Waals surface area contributed by atoms with Crippen molar-refractivity contribution in [2.24, 2.45) is 13.0 Å². The fraction of sp³-hybridized carbons (Fsp3) is 0.579. The number of alkyl halides is 3. The molecule has 1 amide bonds. The molecule has 0 saturated carbocycles. The molecule has 2 heterocycles. The van der Waals surface area contributed by atoms with E-state index in [9.17, 15) is 18.0 Å². The number of ether oxygens (including phenoxy) is 1. The highest BCUT2D eigenvalue weighted by Gasteiger charge is 2.40. The van der Waals surface area contributed by atoms with Crippen LogP contribution in [0.4, 0.5) is 18.0 Å². The van der Waals surface area contributed by atoms with E-state index in [1.54, 1.807) is 31.7 Å². The number of nitrogens with zero attached hydrogens (tertiary/aromatic N) is 3. The molecule has 1 aliphatic carbocycles. The molecule has 1 aliphatic heterocycles. The van der Waals surface area contributed by atoms with Crippen molar-refractivity contribution in [2.45, 2.75) is 52.3 Å². The van der Waals surface area contributed by atoms with Crippen molar-refractivity contribution in [3.8, 4) is 0 Å². The number of allylic oxidation sites excluding steroid dienone is 3. The number of halogens is 3. The Morgan fingerprint density at radius 2 is 1.96 bits per heavy atom. The highest BCUT2D eigenvalue weighted by Crippen LogP contribution is 2.44. The van der Waals surface area contributed by atoms with Gasteiger partial charge in [-0.15, -0.1) is 0 Å². The van der Waals surface area contributed by atoms with Crippen molar-refractivity contribution in [1.29, 1.82) is 0 Å². The number of aryl methyl sites for hydroxylation is 1. The number of hydrogen-bond donors (Lipinski definition) is 0. The zero-order chi connectivity index (χ0) is 20.1. The van der Waals surface area contributed by atoms with Crippen molar-refractivity contribution in [3.05, 3.63) is 34.8 Å². The molecule has 1 aromatic heterocycles. The topological polar surface area (TPSA) is 47.4 Å². The van der Waals surface area contributed by atoms with Gasteiger partial charge in [0.2, 0.25) is 0 Å². The number of rotatable bonds is 1. The second-order valence-electron chi connectivity index (χ2n) is 8.12. The monoisotopic (exact) mass is 383 g/mol. The molecule has 0 aromatic carbocycles. The van der Waals surface area contributed by atoms with Gasteiger partial charge in [0.1, 0.15) is 5.60 Å². The van der Waals surface area contributed by atoms with Crippen LogP contribution in [-0.2, 0) is 18.0 Å². The van der Waals surface area contributed by atoms with Gasteiger partial charge < -0.3 is 4.74 Å². The van der Waals surface area contributed by atoms with Crippen LogP contribution >= 0.6 is 0 Å². The maximum Gasteiger partial charge on any atom is 0.435 e. The second kappa shape index (κ2) is 6.42. The number of hydrogen-bond acceptors (Lipinski definition) is 3. The summed E-state index contributed by atoms with van der Waals surface area (Å²) in [4.78, 5) is 14.1. The Kier molecular flexibility index (Phi) is 4.64. The summed E-state index contributed by atoms with van der Waals surface area (Å²) in [7, 11) is 1.48. The molecule has 0 radical (unpaired) electrons. The van der Waals surface area contributed by atoms with E-state index in [2.05, 4.69) is 5.10 Å². The maximum absolute atomic E-state index is 13.4. The fourth-order valence-electron chi connectivity index (χ4n) is 3.58. The summed E-state index contributed by atoms with van der Waals surface area (Å²) in [6.45, 7) is 7.76. The van der Waals surface area contributed by atoms with E-state index in [1.807, 2.05) is 6.92 Å². The second-order valence-corrected chi connectivity index (χ2v) is 8.12. The lowest BCUT2D eigenvalue weighted by Gasteiger charge is -2.29. The van der Waals surface area contributed by atoms with Crippen LogP contribution in [0.1, 0.15) is 51.8 Å². The minimum atomic E-state index is -4.51. The van der Waals surface area contributed by atoms with Gasteiger partial charge in [-0.3, -0.25) is 9.58 Å². The normalized spacial score (nSPS) is 20.7. The summed E-state index contributed by atoms with van der Waals surface area (Å²) in [6.07, 6.45) is -0.616. The third-order valence-electron chi connectivity index (χ3n) is 4.68. The summed E-state index contributed by atoms with van der Waals surface area (Å²) in [5.41, 5.74) is 0.997. The first-order valence-electron chi connectivity index (χ1n) is 8.92. The number of carbonyl (C=O) groups is 1. The molecule has 2 aliphatic rings. The fourth-order valence-corrected chi connectivity index (χ4v) is 3.58. The molecule has 148 valence electrons. The lowest BCUT2D eigenvalue weighted by molar-refractivity contribution is -0.141. The van der Waals surface area contributed by atoms with E-state index in [4.69, 9.17) is 4.74 Å². The molecule has 1 atom stereocenters. The summed E-state index contributed by atoms with van der Waals surface area (Å²) >= 11 is 0. The Hall–Kier alpha value is -2.25. The minimum Gasteiger partial charge on any atom is -0.443 e. The molecule has 0 bridgehead atoms. The molecule has 0 spiro atoms. The molecule has 8 heteroatoms. The Morgan fingerprint density at radius 1 is 1.30 bits per heavy atom. The van der Waals surface area contributed by atoms with Crippen LogP contribution in [0.5, 0.6) is 0 Å². The largest absolute Gasteiger partial charge is 0.443 e. The Morgan fingerprint density at radius 3 is 2.56 bits per heavy atom. The molecule has 1 unspecified atom stereocenters. The first-order chi connectivity index (χ1) is 12.4. The smallest absolute Gasteiger partial charge is 0.435 e. The van der Waals surface area contributed by atoms with Crippen LogP contribution in [0.2, 0.25) is 0 Å². The zero-order valence-corrected chi connectivity index (χ0v) is 16.1. The molecule has 5 nitrogen and oxygen atoms in total. The summed E-state index contributed by atoms with van der Waals surface area (Å²) in [6, 6.07) is 0. The van der Waals surface area contributed by atoms with E-state index >= 15 is 0 Å². The van der Waals surface area contributed by atoms with E-state index in [0.717, 1.165) is 11.3 Å². The van der Waals surface area contributed by atoms with Gasteiger partial charge in [-0.2, -0.15) is 18.3 Å². The quantitative estimate of drug-likeness (QED) is 0.703. The van der Waals surface area contributed by atoms with Gasteiger partial charge in [0.15, 0.2) is 5.69 Å². The molecule has 27 heavy (non-hydrogen) atoms. The predicted octanol–water partition coefficient (Wildman–Crippen LogP) is 4.76. The first kappa shape index (κ1) is 19.5. The van der Waals surface area contributed by atoms with Crippen LogP contribution in [0.3, 0.4) is 0 Å². The van der Waals surface area contributed by atoms with E-state index in [-0.39, 0.29) is 11.5 Å². The van der Waals surface area contributed by atoms with Crippen molar-refractivity contribution in [1.82, 2.24) is 14.7 Å². The van der Waals surface area contributed by atoms with Gasteiger partial charge in [0, 0.05) is 31.0 Å². The number of aromatic nitrogens is 2. The predicted molar refractivity (Wildman–Crippen MR) is 94.6 cm³/mol. The molecule has 0 N–H and O–H groups in total. The van der Waals surface area contributed by atoms with Gasteiger partial charge >= 0.3 is 12.3 Å². The maximum atomic E-state index is 13.4. The van der Waals surface area contributed by atoms with Gasteiger partial charge in [-0.25, -0.2) is 4.79 Å². The van der Waals surface area contributed by atoms with E-state index in [0.29, 0.717) is 25.0 Å². The third-order valence-corrected chi connectivity index (χ3v) is 4.68. The van der Waals surface area contributed by atoms with Crippen LogP contribution in [0.15, 0.2) is 23.5 Å². The molecular weight excluding hydrogens is 359 g/mol. The molecule has 3 rings (SSSR count). The van der Waals surface area contributed by atoms with Crippen molar-refractivity contribution >= 4 is 11.7 Å². The van der Waals surface area contributed by atoms with Crippen LogP contribution < -0.4 is 0 Å². The summed E-state index contributed by atoms with van der Waals surface area (Å²) in [5.74, 6) is -0.169. The molecule has 0 fully saturated rings. The third kappa shape index (κ3) is 3.89. The Balaban J connectivity index is 1.96. The Bertz CT molecular complexity index is 828. The van der Waals surface area contributed by atoms with E-state index in [1.165, 1.54) is 17.9 Å². The van der Waals surface area contributed by atoms with Crippen LogP contribution in [-0.4, -0.2) is 32.9 Å². The number of carbonyl (C=O) groups excluding carboxylic acids is 1. The molecule has 0 saturated heterocycles. The first-order valence-corrected chi connectivity index (χ1v) is 8.92. The highest BCUT2D eigenvalue weighted by atomic mass is 19.4. The lowest BCUT2D eigenvalue weighted by Crippen LogP contribution is -2.35. The Labute approximate surface area is 156 Å². The average Bonchev–Trinajstić information content (AvgIpc) is 3.07. The molecular formula is C19H24F3N3O2. The molecule has 1 aromatic rings. The van der Waals surface area contributed by atoms with Crippen molar-refractivity contribution in [2.75, 3.05) is 6.54 Å². The number of amides is 1. The SMILES string of the molecule is CC1CC2=C(C=C1c1cn(C)nc1C(F)(F)F)CCN2C(=O)OC(C)(C)C. The average molecular weight is 383 g/mol. The summed E-state index contributed by atoms with van der Waals surface area (Å²) < 4.78 is 46.7. The summed E-state index contributed by atoms with van der Waals surface area (Å²) in [5, 5.41) is 3.61. The van der Waals surface area contributed by atoms with E-state index < -0.39 is 23.6 Å². The van der Waals surface area contributed by atoms with Crippen molar-refractivity contribution < 1.29 is 22.7 Å². The van der Waals surface area contributed by atoms with Gasteiger partial charge in [-0.1, -0.05) is 13.0 Å². The minimum absolute atomic E-state index is 0.111. The van der Waals surface area contributed by atoms with Crippen LogP contribution in [0.25, 0.3) is 5.57 Å². The zero-order valence-electron chi connectivity index (χ0n) is 16.1. The van der Waals surface area contributed by atoms with Gasteiger partial charge in [0.25, 0.3) is 0 Å². The van der Waals surface area contributed by atoms with Gasteiger partial charge in [0.05, 0.1) is 0 Å². The van der Waals surface area contributed by atoms with Crippen LogP contribution in [0, 0.1) is 5.92 Å². The van der Waals surface area contributed by atoms with Crippen molar-refractivity contribution in [3.63, 3.8) is 0 Å². The van der Waals surface area contributed by atoms with Gasteiger partial charge in [-0.05, 0) is 50.7 Å². The highest BCUT2D eigenvalue weighted by molar-refractivity contribution is 5.77. The standard InChI is InChI=1S/C19H24F3N3O2/c1-11-8-15-12(6-7-25(15)17(26)27-18(2,3)4)9-13(11)14-10-24(5)23-16(14)19(20,21)22/h9-11H,6-8H2,1-5H3.